The van der Waals surface area contributed by atoms with Crippen molar-refractivity contribution in [2.24, 2.45) is 5.92 Å². The van der Waals surface area contributed by atoms with Gasteiger partial charge in [0.15, 0.2) is 0 Å². The van der Waals surface area contributed by atoms with E-state index in [0.717, 1.165) is 17.9 Å². The van der Waals surface area contributed by atoms with Crippen LogP contribution in [0.3, 0.4) is 0 Å². The average Bonchev–Trinajstić information content (AvgIpc) is 2.95. The van der Waals surface area contributed by atoms with Crippen molar-refractivity contribution in [1.29, 1.82) is 0 Å². The second-order valence-electron chi connectivity index (χ2n) is 7.16. The number of halogens is 1. The maximum Gasteiger partial charge on any atom is 0.223 e. The lowest BCUT2D eigenvalue weighted by Gasteiger charge is -2.49. The van der Waals surface area contributed by atoms with Crippen LogP contribution in [-0.4, -0.2) is 44.6 Å². The van der Waals surface area contributed by atoms with Gasteiger partial charge in [-0.15, -0.1) is 0 Å². The number of piperidine rings is 3. The van der Waals surface area contributed by atoms with E-state index in [2.05, 4.69) is 49.3 Å². The lowest BCUT2D eigenvalue weighted by molar-refractivity contribution is 0.0773. The molecule has 0 aliphatic carbocycles. The van der Waals surface area contributed by atoms with Crippen molar-refractivity contribution in [3.05, 3.63) is 5.56 Å². The van der Waals surface area contributed by atoms with E-state index in [0.29, 0.717) is 33.7 Å². The third-order valence-corrected chi connectivity index (χ3v) is 7.42. The number of alkyl halides is 1. The first-order chi connectivity index (χ1) is 11.1. The van der Waals surface area contributed by atoms with Gasteiger partial charge in [-0.3, -0.25) is 4.90 Å². The molecule has 4 saturated heterocycles. The van der Waals surface area contributed by atoms with Crippen LogP contribution in [0.5, 0.6) is 0 Å². The molecule has 0 aromatic carbocycles. The number of aromatic nitrogens is 2. The van der Waals surface area contributed by atoms with Gasteiger partial charge in [0.2, 0.25) is 5.95 Å². The van der Waals surface area contributed by atoms with Crippen molar-refractivity contribution in [3.8, 4) is 0 Å². The summed E-state index contributed by atoms with van der Waals surface area (Å²) < 4.78 is 0.478. The summed E-state index contributed by atoms with van der Waals surface area (Å²) in [6, 6.07) is 0.496. The molecule has 1 aromatic heterocycles. The van der Waals surface area contributed by atoms with Crippen molar-refractivity contribution in [3.63, 3.8) is 0 Å². The van der Waals surface area contributed by atoms with E-state index in [1.54, 1.807) is 0 Å². The second-order valence-corrected chi connectivity index (χ2v) is 8.44. The molecule has 2 bridgehead atoms. The second kappa shape index (κ2) is 5.91. The molecule has 4 aliphatic rings. The Bertz CT molecular complexity index is 598. The molecule has 5 heterocycles. The van der Waals surface area contributed by atoms with Crippen LogP contribution >= 0.6 is 22.6 Å². The number of nitrogen functional groups attached to an aromatic ring is 2. The molecular formula is C16H25IN6. The predicted octanol–water partition coefficient (Wildman–Crippen LogP) is 2.20. The van der Waals surface area contributed by atoms with Crippen molar-refractivity contribution in [1.82, 2.24) is 14.9 Å². The van der Waals surface area contributed by atoms with Crippen LogP contribution in [0.2, 0.25) is 0 Å². The predicted molar refractivity (Wildman–Crippen MR) is 102 cm³/mol. The molecule has 4 fully saturated rings. The highest BCUT2D eigenvalue weighted by Gasteiger charge is 2.44. The molecule has 0 amide bonds. The Hall–Kier alpha value is -0.830. The zero-order valence-electron chi connectivity index (χ0n) is 13.6. The highest BCUT2D eigenvalue weighted by molar-refractivity contribution is 14.1. The van der Waals surface area contributed by atoms with Crippen LogP contribution in [0, 0.1) is 5.92 Å². The summed E-state index contributed by atoms with van der Waals surface area (Å²) in [4.78, 5) is 13.9. The molecule has 0 radical (unpaired) electrons. The van der Waals surface area contributed by atoms with Crippen LogP contribution in [0.4, 0.5) is 17.6 Å². The number of rotatable bonds is 2. The fourth-order valence-electron chi connectivity index (χ4n) is 4.63. The summed E-state index contributed by atoms with van der Waals surface area (Å²) in [5.41, 5.74) is 13.5. The number of hydrogen-bond donors (Lipinski definition) is 2. The Balaban J connectivity index is 1.81. The normalized spacial score (nSPS) is 36.6. The van der Waals surface area contributed by atoms with Gasteiger partial charge >= 0.3 is 0 Å². The smallest absolute Gasteiger partial charge is 0.223 e. The topological polar surface area (TPSA) is 84.3 Å². The SMILES string of the molecule is CC1CCCN1c1nc(N)nc(N)c1C1C2CCN(CC2)C1I. The van der Waals surface area contributed by atoms with Crippen LogP contribution in [0.1, 0.15) is 44.1 Å². The molecule has 6 nitrogen and oxygen atoms in total. The van der Waals surface area contributed by atoms with Gasteiger partial charge in [-0.2, -0.15) is 9.97 Å². The largest absolute Gasteiger partial charge is 0.383 e. The number of nitrogens with zero attached hydrogens (tertiary/aromatic N) is 4. The maximum absolute atomic E-state index is 6.38. The third kappa shape index (κ3) is 2.56. The summed E-state index contributed by atoms with van der Waals surface area (Å²) in [5.74, 6) is 2.99. The van der Waals surface area contributed by atoms with Gasteiger partial charge in [-0.05, 0) is 51.6 Å². The molecule has 3 unspecified atom stereocenters. The van der Waals surface area contributed by atoms with Gasteiger partial charge in [-0.1, -0.05) is 22.6 Å². The standard InChI is InChI=1S/C16H25IN6/c1-9-3-2-6-23(9)15-12(14(18)20-16(19)21-15)11-10-4-7-22(8-5-10)13(11)17/h9-11,13H,2-8H2,1H3,(H4,18,19,20,21). The molecule has 1 aromatic rings. The van der Waals surface area contributed by atoms with E-state index in [1.807, 2.05) is 0 Å². The molecule has 3 atom stereocenters. The van der Waals surface area contributed by atoms with E-state index in [9.17, 15) is 0 Å². The maximum atomic E-state index is 6.38. The Labute approximate surface area is 151 Å². The minimum atomic E-state index is 0.298. The minimum absolute atomic E-state index is 0.298. The summed E-state index contributed by atoms with van der Waals surface area (Å²) in [7, 11) is 0. The van der Waals surface area contributed by atoms with E-state index in [1.165, 1.54) is 38.8 Å². The van der Waals surface area contributed by atoms with Gasteiger partial charge in [0.05, 0.1) is 4.05 Å². The first-order valence-electron chi connectivity index (χ1n) is 8.64. The molecule has 5 rings (SSSR count). The van der Waals surface area contributed by atoms with Gasteiger partial charge in [0, 0.05) is 24.1 Å². The Kier molecular flexibility index (Phi) is 4.03. The number of nitrogens with two attached hydrogens (primary N) is 2. The Morgan fingerprint density at radius 3 is 2.43 bits per heavy atom. The first kappa shape index (κ1) is 15.7. The lowest BCUT2D eigenvalue weighted by atomic mass is 9.75. The van der Waals surface area contributed by atoms with E-state index >= 15 is 0 Å². The summed E-state index contributed by atoms with van der Waals surface area (Å²) >= 11 is 2.59. The van der Waals surface area contributed by atoms with Gasteiger partial charge in [0.25, 0.3) is 0 Å². The average molecular weight is 428 g/mol. The molecule has 4 N–H and O–H groups in total. The van der Waals surface area contributed by atoms with E-state index in [-0.39, 0.29) is 0 Å². The van der Waals surface area contributed by atoms with Gasteiger partial charge in [0.1, 0.15) is 11.6 Å². The van der Waals surface area contributed by atoms with Gasteiger partial charge < -0.3 is 16.4 Å². The molecule has 0 spiro atoms. The molecule has 7 heteroatoms. The highest BCUT2D eigenvalue weighted by Crippen LogP contribution is 2.50. The van der Waals surface area contributed by atoms with E-state index in [4.69, 9.17) is 11.5 Å². The monoisotopic (exact) mass is 428 g/mol. The van der Waals surface area contributed by atoms with Crippen molar-refractivity contribution in [2.45, 2.75) is 48.6 Å². The fraction of sp³-hybridized carbons (Fsp3) is 0.750. The van der Waals surface area contributed by atoms with Crippen molar-refractivity contribution >= 4 is 40.2 Å². The summed E-state index contributed by atoms with van der Waals surface area (Å²) in [6.07, 6.45) is 4.92. The zero-order valence-corrected chi connectivity index (χ0v) is 15.7. The molecule has 4 aliphatic heterocycles. The van der Waals surface area contributed by atoms with Crippen LogP contribution in [0.15, 0.2) is 0 Å². The van der Waals surface area contributed by atoms with Crippen molar-refractivity contribution < 1.29 is 0 Å². The van der Waals surface area contributed by atoms with E-state index < -0.39 is 0 Å². The quantitative estimate of drug-likeness (QED) is 0.427. The summed E-state index contributed by atoms with van der Waals surface area (Å²) in [6.45, 7) is 5.72. The molecule has 23 heavy (non-hydrogen) atoms. The molecular weight excluding hydrogens is 403 g/mol. The Morgan fingerprint density at radius 1 is 1.09 bits per heavy atom. The van der Waals surface area contributed by atoms with Crippen LogP contribution < -0.4 is 16.4 Å². The molecule has 126 valence electrons. The molecule has 0 saturated carbocycles. The summed E-state index contributed by atoms with van der Waals surface area (Å²) in [5, 5.41) is 0. The highest BCUT2D eigenvalue weighted by atomic mass is 127. The number of anilines is 3. The number of hydrogen-bond acceptors (Lipinski definition) is 6. The van der Waals surface area contributed by atoms with Gasteiger partial charge in [-0.25, -0.2) is 0 Å². The first-order valence-corrected chi connectivity index (χ1v) is 9.88. The number of fused-ring (bicyclic) bond motifs is 3. The Morgan fingerprint density at radius 2 is 1.83 bits per heavy atom. The lowest BCUT2D eigenvalue weighted by Crippen LogP contribution is -2.51. The van der Waals surface area contributed by atoms with Crippen molar-refractivity contribution in [2.75, 3.05) is 36.0 Å². The van der Waals surface area contributed by atoms with Crippen LogP contribution in [-0.2, 0) is 0 Å². The fourth-order valence-corrected chi connectivity index (χ4v) is 6.13. The van der Waals surface area contributed by atoms with Crippen LogP contribution in [0.25, 0.3) is 0 Å². The minimum Gasteiger partial charge on any atom is -0.383 e. The third-order valence-electron chi connectivity index (χ3n) is 5.86. The zero-order chi connectivity index (χ0) is 16.1.